The van der Waals surface area contributed by atoms with Crippen LogP contribution in [0.2, 0.25) is 0 Å². The van der Waals surface area contributed by atoms with Crippen LogP contribution in [0.15, 0.2) is 146 Å². The Kier molecular flexibility index (Phi) is 11.0. The normalized spacial score (nSPS) is 39.8. The molecular formula is C83H88N2. The molecule has 0 radical (unpaired) electrons. The van der Waals surface area contributed by atoms with Gasteiger partial charge in [-0.25, -0.2) is 0 Å². The van der Waals surface area contributed by atoms with E-state index in [1.807, 2.05) is 0 Å². The fourth-order valence-electron chi connectivity index (χ4n) is 26.1. The maximum Gasteiger partial charge on any atom is 0.0372 e. The lowest BCUT2D eigenvalue weighted by atomic mass is 9.35. The second kappa shape index (κ2) is 18.6. The van der Waals surface area contributed by atoms with Crippen molar-refractivity contribution in [1.29, 1.82) is 0 Å². The van der Waals surface area contributed by atoms with E-state index in [9.17, 15) is 0 Å². The molecule has 2 heteroatoms. The molecule has 0 aliphatic heterocycles. The van der Waals surface area contributed by atoms with Crippen molar-refractivity contribution in [3.05, 3.63) is 168 Å². The van der Waals surface area contributed by atoms with Crippen molar-refractivity contribution in [3.63, 3.8) is 0 Å². The summed E-state index contributed by atoms with van der Waals surface area (Å²) < 4.78 is 0. The van der Waals surface area contributed by atoms with Gasteiger partial charge < -0.3 is 9.80 Å². The summed E-state index contributed by atoms with van der Waals surface area (Å²) >= 11 is 0. The molecule has 7 aromatic rings. The SMILES string of the molecule is CC(C1CC2CCCC(C2)C1)N(c1ccc(/C=C/c2ccc3c(-c4ccccc4)c(-c4ccccc4)c4ccc(/C=C/c5ccc(N(C6C7CC8CC(C7)CC6C8)C6C7CC8CC9CC6C97C8)cc5)cc4c3c2)cc1)C1C2CC3CC4CC1C42C3. The van der Waals surface area contributed by atoms with Crippen LogP contribution in [0, 0.1) is 99.6 Å². The summed E-state index contributed by atoms with van der Waals surface area (Å²) in [5.41, 5.74) is 14.8. The number of hydrogen-bond donors (Lipinski definition) is 0. The molecule has 2 spiro atoms. The summed E-state index contributed by atoms with van der Waals surface area (Å²) in [6.07, 6.45) is 38.3. The van der Waals surface area contributed by atoms with E-state index in [2.05, 4.69) is 187 Å². The first-order valence-corrected chi connectivity index (χ1v) is 35.2. The highest BCUT2D eigenvalue weighted by Gasteiger charge is 2.80. The quantitative estimate of drug-likeness (QED) is 0.0839. The average Bonchev–Trinajstić information content (AvgIpc) is 1.55. The lowest BCUT2D eigenvalue weighted by molar-refractivity contribution is -0.199. The van der Waals surface area contributed by atoms with Gasteiger partial charge in [0.15, 0.2) is 0 Å². The van der Waals surface area contributed by atoms with Crippen molar-refractivity contribution in [2.75, 3.05) is 9.80 Å². The molecule has 14 saturated carbocycles. The monoisotopic (exact) mass is 1110 g/mol. The third kappa shape index (κ3) is 7.24. The largest absolute Gasteiger partial charge is 0.365 e. The fraction of sp³-hybridized carbons (Fsp3) is 0.494. The molecule has 14 fully saturated rings. The van der Waals surface area contributed by atoms with Gasteiger partial charge in [0.2, 0.25) is 0 Å². The number of nitrogens with zero attached hydrogens (tertiary/aromatic N) is 2. The van der Waals surface area contributed by atoms with Crippen molar-refractivity contribution in [3.8, 4) is 22.3 Å². The first kappa shape index (κ1) is 50.2. The van der Waals surface area contributed by atoms with Crippen LogP contribution in [-0.4, -0.2) is 24.2 Å². The van der Waals surface area contributed by atoms with Gasteiger partial charge in [0, 0.05) is 35.5 Å². The minimum atomic E-state index is 0.618. The van der Waals surface area contributed by atoms with Crippen LogP contribution < -0.4 is 9.80 Å². The number of anilines is 2. The van der Waals surface area contributed by atoms with E-state index in [-0.39, 0.29) is 0 Å². The highest BCUT2D eigenvalue weighted by molar-refractivity contribution is 6.22. The molecule has 0 heterocycles. The minimum absolute atomic E-state index is 0.618. The van der Waals surface area contributed by atoms with Crippen molar-refractivity contribution >= 4 is 57.2 Å². The first-order valence-electron chi connectivity index (χ1n) is 35.2. The second-order valence-corrected chi connectivity index (χ2v) is 32.1. The molecule has 7 aromatic carbocycles. The van der Waals surface area contributed by atoms with Gasteiger partial charge in [-0.3, -0.25) is 0 Å². The summed E-state index contributed by atoms with van der Waals surface area (Å²) in [4.78, 5) is 6.23. The Balaban J connectivity index is 0.633. The molecular weight excluding hydrogens is 1020 g/mol. The minimum Gasteiger partial charge on any atom is -0.365 e. The predicted molar refractivity (Wildman–Crippen MR) is 354 cm³/mol. The van der Waals surface area contributed by atoms with Crippen molar-refractivity contribution in [2.24, 2.45) is 99.6 Å². The molecule has 0 saturated heterocycles. The van der Waals surface area contributed by atoms with Gasteiger partial charge in [-0.1, -0.05) is 153 Å². The molecule has 14 aliphatic carbocycles. The molecule has 10 bridgehead atoms. The van der Waals surface area contributed by atoms with Crippen LogP contribution >= 0.6 is 0 Å². The molecule has 21 rings (SSSR count). The summed E-state index contributed by atoms with van der Waals surface area (Å²) in [5, 5.41) is 5.25. The predicted octanol–water partition coefficient (Wildman–Crippen LogP) is 20.6. The van der Waals surface area contributed by atoms with Crippen LogP contribution in [0.4, 0.5) is 11.4 Å². The van der Waals surface area contributed by atoms with Crippen molar-refractivity contribution in [1.82, 2.24) is 0 Å². The Hall–Kier alpha value is -5.86. The second-order valence-electron chi connectivity index (χ2n) is 32.1. The van der Waals surface area contributed by atoms with Crippen LogP contribution in [0.3, 0.4) is 0 Å². The Labute approximate surface area is 507 Å². The van der Waals surface area contributed by atoms with E-state index < -0.39 is 0 Å². The maximum absolute atomic E-state index is 3.17. The van der Waals surface area contributed by atoms with E-state index in [1.165, 1.54) is 168 Å². The average molecular weight is 1110 g/mol. The Morgan fingerprint density at radius 3 is 1.38 bits per heavy atom. The third-order valence-corrected chi connectivity index (χ3v) is 28.7. The van der Waals surface area contributed by atoms with Crippen molar-refractivity contribution in [2.45, 2.75) is 153 Å². The Bertz CT molecular complexity index is 3810. The van der Waals surface area contributed by atoms with Gasteiger partial charge in [-0.15, -0.1) is 0 Å². The van der Waals surface area contributed by atoms with Crippen LogP contribution in [0.1, 0.15) is 151 Å². The van der Waals surface area contributed by atoms with E-state index in [0.717, 1.165) is 118 Å². The maximum atomic E-state index is 3.17. The summed E-state index contributed by atoms with van der Waals surface area (Å²) in [5.74, 6) is 14.6. The zero-order chi connectivity index (χ0) is 55.4. The zero-order valence-corrected chi connectivity index (χ0v) is 50.5. The van der Waals surface area contributed by atoms with E-state index in [0.29, 0.717) is 6.04 Å². The first-order chi connectivity index (χ1) is 41.9. The van der Waals surface area contributed by atoms with Crippen LogP contribution in [0.25, 0.3) is 68.1 Å². The number of hydrogen-bond acceptors (Lipinski definition) is 2. The molecule has 85 heavy (non-hydrogen) atoms. The van der Waals surface area contributed by atoms with Crippen LogP contribution in [0.5, 0.6) is 0 Å². The Morgan fingerprint density at radius 2 is 0.847 bits per heavy atom. The van der Waals surface area contributed by atoms with Gasteiger partial charge in [0.05, 0.1) is 0 Å². The fourth-order valence-corrected chi connectivity index (χ4v) is 26.1. The molecule has 0 aromatic heterocycles. The molecule has 0 amide bonds. The molecule has 0 N–H and O–H groups in total. The lowest BCUT2D eigenvalue weighted by Crippen LogP contribution is -2.76. The van der Waals surface area contributed by atoms with Gasteiger partial charge in [-0.2, -0.15) is 0 Å². The molecule has 15 atom stereocenters. The standard InChI is InChI=1S/C83H88N2/c1-49(62-33-54-9-8-10-55(31-54)34-62)84(80-73-43-58-39-65-45-75(80)82(65,73)47-58)67-25-19-50(20-26-67)15-17-52-23-29-69-71(41-52)72-42-53(24-30-70(72)78(61-13-6-3-7-14-61)77(69)60-11-4-2-5-12-60)18-16-51-21-27-68(28-22-51)85(79-63-35-56-32-57(37-63)38-64(79)36-56)81-74-44-59-40-66-46-76(81)83(66,74)48-59/h2-7,11-30,41-42,49,54-59,62-66,73-76,79-81H,8-10,31-40,43-48H2,1H3/b17-15+,18-16+. The highest BCUT2D eigenvalue weighted by Crippen LogP contribution is 2.83. The zero-order valence-electron chi connectivity index (χ0n) is 50.5. The third-order valence-electron chi connectivity index (χ3n) is 28.7. The molecule has 14 aliphatic rings. The van der Waals surface area contributed by atoms with Gasteiger partial charge in [-0.05, 0) is 312 Å². The van der Waals surface area contributed by atoms with E-state index >= 15 is 0 Å². The summed E-state index contributed by atoms with van der Waals surface area (Å²) in [6, 6.07) is 59.9. The topological polar surface area (TPSA) is 6.48 Å². The van der Waals surface area contributed by atoms with Crippen LogP contribution in [-0.2, 0) is 0 Å². The molecule has 15 unspecified atom stereocenters. The number of benzene rings is 7. The molecule has 2 nitrogen and oxygen atoms in total. The number of rotatable bonds is 13. The molecule has 430 valence electrons. The lowest BCUT2D eigenvalue weighted by Gasteiger charge is -2.74. The summed E-state index contributed by atoms with van der Waals surface area (Å²) in [6.45, 7) is 2.66. The van der Waals surface area contributed by atoms with Gasteiger partial charge >= 0.3 is 0 Å². The summed E-state index contributed by atoms with van der Waals surface area (Å²) in [7, 11) is 0. The Morgan fingerprint density at radius 1 is 0.388 bits per heavy atom. The smallest absolute Gasteiger partial charge is 0.0372 e. The number of fused-ring (bicyclic) bond motifs is 7. The van der Waals surface area contributed by atoms with E-state index in [4.69, 9.17) is 0 Å². The van der Waals surface area contributed by atoms with Gasteiger partial charge in [0.1, 0.15) is 0 Å². The van der Waals surface area contributed by atoms with Gasteiger partial charge in [0.25, 0.3) is 0 Å². The van der Waals surface area contributed by atoms with E-state index in [1.54, 1.807) is 31.4 Å². The highest BCUT2D eigenvalue weighted by atomic mass is 15.3. The van der Waals surface area contributed by atoms with Crippen molar-refractivity contribution < 1.29 is 0 Å².